The molecule has 0 aliphatic heterocycles. The van der Waals surface area contributed by atoms with E-state index in [1.54, 1.807) is 24.6 Å². The van der Waals surface area contributed by atoms with Crippen LogP contribution in [0.3, 0.4) is 0 Å². The molecule has 0 aromatic carbocycles. The first-order valence-corrected chi connectivity index (χ1v) is 13.3. The number of fused-ring (bicyclic) bond motifs is 1. The van der Waals surface area contributed by atoms with Gasteiger partial charge in [0.1, 0.15) is 27.0 Å². The number of nitrogen functional groups attached to an aromatic ring is 1. The fourth-order valence-corrected chi connectivity index (χ4v) is 7.17. The molecule has 6 nitrogen and oxygen atoms in total. The van der Waals surface area contributed by atoms with Crippen molar-refractivity contribution in [1.29, 1.82) is 0 Å². The predicted molar refractivity (Wildman–Crippen MR) is 129 cm³/mol. The van der Waals surface area contributed by atoms with Gasteiger partial charge in [-0.2, -0.15) is 0 Å². The first-order chi connectivity index (χ1) is 15.1. The highest BCUT2D eigenvalue weighted by molar-refractivity contribution is 7.93. The van der Waals surface area contributed by atoms with Crippen molar-refractivity contribution in [2.75, 3.05) is 25.2 Å². The van der Waals surface area contributed by atoms with Gasteiger partial charge in [0.05, 0.1) is 6.61 Å². The summed E-state index contributed by atoms with van der Waals surface area (Å²) in [4.78, 5) is 10.1. The SMILES string of the molecule is COCCC[S+]([O-])c1sc2nc(-c3nccs3)cc(-c3ccc(C4CC4)n3C)c2c1N. The lowest BCUT2D eigenvalue weighted by atomic mass is 10.1. The van der Waals surface area contributed by atoms with Crippen molar-refractivity contribution in [3.05, 3.63) is 35.5 Å². The number of ether oxygens (including phenoxy) is 1. The number of hydrogen-bond donors (Lipinski definition) is 1. The summed E-state index contributed by atoms with van der Waals surface area (Å²) in [5, 5.41) is 3.71. The van der Waals surface area contributed by atoms with Gasteiger partial charge in [0.25, 0.3) is 0 Å². The van der Waals surface area contributed by atoms with Crippen molar-refractivity contribution in [2.45, 2.75) is 29.4 Å². The number of nitrogens with two attached hydrogens (primary N) is 1. The van der Waals surface area contributed by atoms with Crippen molar-refractivity contribution in [3.8, 4) is 22.0 Å². The monoisotopic (exact) mass is 472 g/mol. The fraction of sp³-hybridized carbons (Fsp3) is 0.364. The molecule has 4 heterocycles. The molecule has 4 aromatic heterocycles. The third kappa shape index (κ3) is 3.89. The molecule has 5 rings (SSSR count). The molecule has 9 heteroatoms. The van der Waals surface area contributed by atoms with Crippen LogP contribution in [0.2, 0.25) is 0 Å². The molecule has 0 bridgehead atoms. The summed E-state index contributed by atoms with van der Waals surface area (Å²) < 4.78 is 21.1. The number of pyridine rings is 1. The first kappa shape index (κ1) is 21.0. The van der Waals surface area contributed by atoms with E-state index in [1.165, 1.54) is 29.9 Å². The van der Waals surface area contributed by atoms with Crippen LogP contribution in [0.1, 0.15) is 30.9 Å². The molecule has 0 amide bonds. The average molecular weight is 473 g/mol. The van der Waals surface area contributed by atoms with Crippen LogP contribution in [0.15, 0.2) is 34.0 Å². The smallest absolute Gasteiger partial charge is 0.232 e. The van der Waals surface area contributed by atoms with Gasteiger partial charge in [-0.05, 0) is 48.1 Å². The Morgan fingerprint density at radius 2 is 2.19 bits per heavy atom. The average Bonchev–Trinajstić information content (AvgIpc) is 3.17. The Bertz CT molecular complexity index is 1210. The van der Waals surface area contributed by atoms with Crippen LogP contribution in [-0.4, -0.2) is 38.6 Å². The largest absolute Gasteiger partial charge is 0.611 e. The normalized spacial score (nSPS) is 15.1. The van der Waals surface area contributed by atoms with Crippen molar-refractivity contribution in [3.63, 3.8) is 0 Å². The Hall–Kier alpha value is -1.91. The van der Waals surface area contributed by atoms with Gasteiger partial charge in [-0.25, -0.2) is 9.97 Å². The van der Waals surface area contributed by atoms with E-state index in [0.717, 1.165) is 38.6 Å². The molecule has 31 heavy (non-hydrogen) atoms. The number of thiophene rings is 1. The summed E-state index contributed by atoms with van der Waals surface area (Å²) in [5.74, 6) is 1.17. The Kier molecular flexibility index (Phi) is 5.78. The van der Waals surface area contributed by atoms with Crippen molar-refractivity contribution >= 4 is 49.8 Å². The maximum Gasteiger partial charge on any atom is 0.232 e. The molecule has 1 aliphatic carbocycles. The molecule has 162 valence electrons. The molecule has 0 radical (unpaired) electrons. The highest BCUT2D eigenvalue weighted by Gasteiger charge is 2.29. The Balaban J connectivity index is 1.66. The quantitative estimate of drug-likeness (QED) is 0.287. The summed E-state index contributed by atoms with van der Waals surface area (Å²) in [7, 11) is 3.77. The maximum atomic E-state index is 13.0. The lowest BCUT2D eigenvalue weighted by molar-refractivity contribution is 0.199. The molecular formula is C22H24N4O2S3. The first-order valence-electron chi connectivity index (χ1n) is 10.2. The highest BCUT2D eigenvalue weighted by Crippen LogP contribution is 2.46. The van der Waals surface area contributed by atoms with Gasteiger partial charge < -0.3 is 19.6 Å². The molecule has 0 saturated heterocycles. The van der Waals surface area contributed by atoms with Crippen molar-refractivity contribution < 1.29 is 9.29 Å². The Morgan fingerprint density at radius 3 is 2.90 bits per heavy atom. The third-order valence-corrected chi connectivity index (χ3v) is 9.42. The van der Waals surface area contributed by atoms with E-state index in [0.29, 0.717) is 28.2 Å². The summed E-state index contributed by atoms with van der Waals surface area (Å²) in [6.07, 6.45) is 5.01. The minimum Gasteiger partial charge on any atom is -0.611 e. The van der Waals surface area contributed by atoms with Crippen LogP contribution in [0.25, 0.3) is 32.2 Å². The minimum absolute atomic E-state index is 0.523. The minimum atomic E-state index is -1.18. The molecule has 4 aromatic rings. The van der Waals surface area contributed by atoms with Gasteiger partial charge in [-0.3, -0.25) is 0 Å². The zero-order valence-corrected chi connectivity index (χ0v) is 19.9. The number of anilines is 1. The number of hydrogen-bond acceptors (Lipinski definition) is 7. The van der Waals surface area contributed by atoms with E-state index in [2.05, 4.69) is 34.8 Å². The van der Waals surface area contributed by atoms with Crippen LogP contribution in [0.5, 0.6) is 0 Å². The number of rotatable bonds is 8. The second-order valence-corrected chi connectivity index (χ2v) is 11.4. The van der Waals surface area contributed by atoms with E-state index in [-0.39, 0.29) is 0 Å². The summed E-state index contributed by atoms with van der Waals surface area (Å²) >= 11 is 1.81. The second-order valence-electron chi connectivity index (χ2n) is 7.75. The van der Waals surface area contributed by atoms with Gasteiger partial charge in [0.15, 0.2) is 0 Å². The van der Waals surface area contributed by atoms with Gasteiger partial charge in [0, 0.05) is 54.5 Å². The highest BCUT2D eigenvalue weighted by atomic mass is 32.2. The third-order valence-electron chi connectivity index (χ3n) is 5.63. The number of methoxy groups -OCH3 is 1. The van der Waals surface area contributed by atoms with Crippen LogP contribution >= 0.6 is 22.7 Å². The van der Waals surface area contributed by atoms with Crippen LogP contribution in [0.4, 0.5) is 5.69 Å². The number of aromatic nitrogens is 3. The van der Waals surface area contributed by atoms with Crippen LogP contribution in [-0.2, 0) is 23.0 Å². The maximum absolute atomic E-state index is 13.0. The molecule has 0 spiro atoms. The second kappa shape index (κ2) is 8.55. The Labute approximate surface area is 192 Å². The van der Waals surface area contributed by atoms with Gasteiger partial charge in [-0.1, -0.05) is 11.3 Å². The van der Waals surface area contributed by atoms with E-state index >= 15 is 0 Å². The summed E-state index contributed by atoms with van der Waals surface area (Å²) in [5.41, 5.74) is 11.5. The van der Waals surface area contributed by atoms with Crippen molar-refractivity contribution in [2.24, 2.45) is 7.05 Å². The lowest BCUT2D eigenvalue weighted by Gasteiger charge is -2.11. The summed E-state index contributed by atoms with van der Waals surface area (Å²) in [6, 6.07) is 6.46. The molecule has 1 atom stereocenters. The van der Waals surface area contributed by atoms with Crippen LogP contribution in [0, 0.1) is 0 Å². The van der Waals surface area contributed by atoms with Gasteiger partial charge in [-0.15, -0.1) is 11.3 Å². The van der Waals surface area contributed by atoms with E-state index in [4.69, 9.17) is 15.5 Å². The van der Waals surface area contributed by atoms with Crippen LogP contribution < -0.4 is 5.73 Å². The topological polar surface area (TPSA) is 89.0 Å². The van der Waals surface area contributed by atoms with E-state index in [9.17, 15) is 4.55 Å². The zero-order chi connectivity index (χ0) is 21.5. The lowest BCUT2D eigenvalue weighted by Crippen LogP contribution is -2.09. The fourth-order valence-electron chi connectivity index (χ4n) is 3.94. The predicted octanol–water partition coefficient (Wildman–Crippen LogP) is 5.03. The molecule has 1 aliphatic rings. The van der Waals surface area contributed by atoms with Gasteiger partial charge >= 0.3 is 0 Å². The molecule has 1 fully saturated rings. The van der Waals surface area contributed by atoms with E-state index < -0.39 is 11.2 Å². The standard InChI is InChI=1S/C22H24N4O2S3/c1-26-16(13-4-5-13)6-7-17(26)14-12-15(20-24-8-10-29-20)25-21-18(14)19(23)22(30-21)31(27)11-3-9-28-2/h6-8,10,12-13H,3-5,9,11,23H2,1-2H3. The molecule has 2 N–H and O–H groups in total. The number of thiazole rings is 1. The number of nitrogens with zero attached hydrogens (tertiary/aromatic N) is 3. The molecular weight excluding hydrogens is 448 g/mol. The summed E-state index contributed by atoms with van der Waals surface area (Å²) in [6.45, 7) is 0.585. The Morgan fingerprint density at radius 1 is 1.35 bits per heavy atom. The van der Waals surface area contributed by atoms with Crippen molar-refractivity contribution in [1.82, 2.24) is 14.5 Å². The molecule has 1 unspecified atom stereocenters. The zero-order valence-electron chi connectivity index (χ0n) is 17.5. The van der Waals surface area contributed by atoms with Gasteiger partial charge in [0.2, 0.25) is 4.21 Å². The van der Waals surface area contributed by atoms with E-state index in [1.807, 2.05) is 5.38 Å². The molecule has 1 saturated carbocycles.